The first kappa shape index (κ1) is 18.0. The van der Waals surface area contributed by atoms with E-state index in [0.717, 1.165) is 40.1 Å². The number of nitrogens with zero attached hydrogens (tertiary/aromatic N) is 3. The third-order valence-electron chi connectivity index (χ3n) is 5.32. The molecule has 1 N–H and O–H groups in total. The highest BCUT2D eigenvalue weighted by atomic mass is 16.5. The topological polar surface area (TPSA) is 83.8 Å². The fourth-order valence-electron chi connectivity index (χ4n) is 3.79. The van der Waals surface area contributed by atoms with Crippen molar-refractivity contribution in [2.45, 2.75) is 13.0 Å². The van der Waals surface area contributed by atoms with Crippen molar-refractivity contribution in [2.24, 2.45) is 0 Å². The molecule has 0 radical (unpaired) electrons. The summed E-state index contributed by atoms with van der Waals surface area (Å²) in [5.41, 5.74) is 7.96. The highest BCUT2D eigenvalue weighted by Crippen LogP contribution is 2.44. The Balaban J connectivity index is 1.46. The van der Waals surface area contributed by atoms with Gasteiger partial charge in [0.1, 0.15) is 6.61 Å². The first-order valence-electron chi connectivity index (χ1n) is 9.57. The van der Waals surface area contributed by atoms with Gasteiger partial charge in [-0.05, 0) is 47.5 Å². The molecule has 0 aliphatic heterocycles. The molecule has 1 aliphatic rings. The minimum absolute atomic E-state index is 0.445. The van der Waals surface area contributed by atoms with Crippen LogP contribution in [0.3, 0.4) is 0 Å². The average Bonchev–Trinajstić information content (AvgIpc) is 3.36. The summed E-state index contributed by atoms with van der Waals surface area (Å²) in [6.07, 6.45) is 4.26. The number of benzene rings is 2. The maximum absolute atomic E-state index is 9.03. The van der Waals surface area contributed by atoms with E-state index in [0.29, 0.717) is 23.7 Å². The highest BCUT2D eigenvalue weighted by molar-refractivity contribution is 5.82. The molecule has 2 heterocycles. The third-order valence-corrected chi connectivity index (χ3v) is 5.32. The van der Waals surface area contributed by atoms with Crippen LogP contribution in [-0.2, 0) is 13.0 Å². The van der Waals surface area contributed by atoms with Crippen molar-refractivity contribution in [2.75, 3.05) is 7.11 Å². The maximum Gasteiger partial charge on any atom is 0.161 e. The lowest BCUT2D eigenvalue weighted by molar-refractivity contribution is 0.284. The second-order valence-electron chi connectivity index (χ2n) is 7.10. The largest absolute Gasteiger partial charge is 0.493 e. The lowest BCUT2D eigenvalue weighted by Crippen LogP contribution is -1.99. The van der Waals surface area contributed by atoms with Gasteiger partial charge in [0, 0.05) is 35.5 Å². The number of hydrogen-bond acceptors (Lipinski definition) is 5. The zero-order chi connectivity index (χ0) is 20.5. The molecule has 146 valence electrons. The highest BCUT2D eigenvalue weighted by Gasteiger charge is 2.27. The van der Waals surface area contributed by atoms with E-state index < -0.39 is 0 Å². The smallest absolute Gasteiger partial charge is 0.161 e. The van der Waals surface area contributed by atoms with Gasteiger partial charge in [-0.2, -0.15) is 10.4 Å². The molecule has 4 aromatic rings. The van der Waals surface area contributed by atoms with Crippen molar-refractivity contribution in [3.05, 3.63) is 83.2 Å². The number of pyridine rings is 1. The summed E-state index contributed by atoms with van der Waals surface area (Å²) in [6.45, 7) is 0.445. The molecule has 0 bridgehead atoms. The van der Waals surface area contributed by atoms with Crippen LogP contribution in [0.25, 0.3) is 22.5 Å². The molecule has 0 saturated heterocycles. The molecular formula is C24H18N4O2. The molecular weight excluding hydrogens is 376 g/mol. The summed E-state index contributed by atoms with van der Waals surface area (Å²) < 4.78 is 11.6. The number of aromatic nitrogens is 3. The second kappa shape index (κ2) is 7.37. The summed E-state index contributed by atoms with van der Waals surface area (Å²) in [7, 11) is 1.64. The fourth-order valence-corrected chi connectivity index (χ4v) is 3.79. The summed E-state index contributed by atoms with van der Waals surface area (Å²) in [5, 5.41) is 16.7. The molecule has 2 aromatic carbocycles. The number of ether oxygens (including phenoxy) is 2. The molecule has 6 heteroatoms. The molecule has 0 saturated carbocycles. The lowest BCUT2D eigenvalue weighted by Gasteiger charge is -2.13. The van der Waals surface area contributed by atoms with Gasteiger partial charge >= 0.3 is 0 Å². The number of hydrogen-bond donors (Lipinski definition) is 1. The number of fused-ring (bicyclic) bond motifs is 3. The molecule has 30 heavy (non-hydrogen) atoms. The van der Waals surface area contributed by atoms with Gasteiger partial charge in [-0.25, -0.2) is 0 Å². The number of nitrogens with one attached hydrogen (secondary N) is 1. The Morgan fingerprint density at radius 1 is 1.07 bits per heavy atom. The van der Waals surface area contributed by atoms with E-state index in [-0.39, 0.29) is 0 Å². The van der Waals surface area contributed by atoms with Crippen molar-refractivity contribution < 1.29 is 9.47 Å². The van der Waals surface area contributed by atoms with Crippen LogP contribution < -0.4 is 9.47 Å². The minimum atomic E-state index is 0.445. The minimum Gasteiger partial charge on any atom is -0.493 e. The van der Waals surface area contributed by atoms with Gasteiger partial charge in [0.05, 0.1) is 30.1 Å². The van der Waals surface area contributed by atoms with E-state index in [1.165, 1.54) is 5.56 Å². The van der Waals surface area contributed by atoms with E-state index in [1.54, 1.807) is 19.5 Å². The van der Waals surface area contributed by atoms with Gasteiger partial charge in [0.2, 0.25) is 0 Å². The van der Waals surface area contributed by atoms with Crippen LogP contribution in [0.5, 0.6) is 11.5 Å². The van der Waals surface area contributed by atoms with E-state index >= 15 is 0 Å². The summed E-state index contributed by atoms with van der Waals surface area (Å²) in [4.78, 5) is 4.04. The van der Waals surface area contributed by atoms with Crippen molar-refractivity contribution in [1.29, 1.82) is 5.26 Å². The maximum atomic E-state index is 9.03. The third kappa shape index (κ3) is 3.07. The van der Waals surface area contributed by atoms with Gasteiger partial charge in [-0.15, -0.1) is 0 Å². The van der Waals surface area contributed by atoms with Crippen LogP contribution in [0.1, 0.15) is 22.3 Å². The number of H-pyrrole nitrogens is 1. The quantitative estimate of drug-likeness (QED) is 0.474. The SMILES string of the molecule is COc1cc2c(cc1OCc1ccncc1)Cc1c(-c3ccc(C#N)cc3)n[nH]c1-2. The van der Waals surface area contributed by atoms with Crippen LogP contribution in [-0.4, -0.2) is 22.3 Å². The number of rotatable bonds is 5. The molecule has 6 nitrogen and oxygen atoms in total. The molecule has 0 atom stereocenters. The Morgan fingerprint density at radius 2 is 1.87 bits per heavy atom. The molecule has 0 unspecified atom stereocenters. The van der Waals surface area contributed by atoms with Gasteiger partial charge in [0.15, 0.2) is 11.5 Å². The summed E-state index contributed by atoms with van der Waals surface area (Å²) in [5.74, 6) is 1.40. The van der Waals surface area contributed by atoms with E-state index in [1.807, 2.05) is 48.5 Å². The Kier molecular flexibility index (Phi) is 4.41. The number of methoxy groups -OCH3 is 1. The summed E-state index contributed by atoms with van der Waals surface area (Å²) in [6, 6.07) is 17.6. The van der Waals surface area contributed by atoms with Gasteiger partial charge in [0.25, 0.3) is 0 Å². The second-order valence-corrected chi connectivity index (χ2v) is 7.10. The van der Waals surface area contributed by atoms with Crippen LogP contribution >= 0.6 is 0 Å². The molecule has 0 spiro atoms. The summed E-state index contributed by atoms with van der Waals surface area (Å²) >= 11 is 0. The Labute approximate surface area is 173 Å². The Hall–Kier alpha value is -4.11. The normalized spacial score (nSPS) is 11.5. The van der Waals surface area contributed by atoms with Gasteiger partial charge in [-0.3, -0.25) is 10.1 Å². The van der Waals surface area contributed by atoms with E-state index in [9.17, 15) is 0 Å². The molecule has 2 aromatic heterocycles. The van der Waals surface area contributed by atoms with E-state index in [2.05, 4.69) is 21.3 Å². The number of aromatic amines is 1. The monoisotopic (exact) mass is 394 g/mol. The van der Waals surface area contributed by atoms with E-state index in [4.69, 9.17) is 14.7 Å². The predicted molar refractivity (Wildman–Crippen MR) is 112 cm³/mol. The van der Waals surface area contributed by atoms with Crippen molar-refractivity contribution >= 4 is 0 Å². The Morgan fingerprint density at radius 3 is 2.60 bits per heavy atom. The molecule has 1 aliphatic carbocycles. The first-order valence-corrected chi connectivity index (χ1v) is 9.57. The zero-order valence-electron chi connectivity index (χ0n) is 16.3. The molecule has 0 fully saturated rings. The standard InChI is InChI=1S/C24H18N4O2/c1-29-21-12-19-18(11-22(21)30-14-16-6-8-26-9-7-16)10-20-23(27-28-24(19)20)17-4-2-15(13-25)3-5-17/h2-9,11-12H,10,14H2,1H3,(H,27,28). The Bertz CT molecular complexity index is 1260. The molecule has 0 amide bonds. The zero-order valence-corrected chi connectivity index (χ0v) is 16.3. The predicted octanol–water partition coefficient (Wildman–Crippen LogP) is 4.50. The van der Waals surface area contributed by atoms with Gasteiger partial charge < -0.3 is 9.47 Å². The van der Waals surface area contributed by atoms with Crippen molar-refractivity contribution in [3.63, 3.8) is 0 Å². The average molecular weight is 394 g/mol. The van der Waals surface area contributed by atoms with Crippen LogP contribution in [0.4, 0.5) is 0 Å². The number of nitriles is 1. The van der Waals surface area contributed by atoms with Crippen molar-refractivity contribution in [3.8, 4) is 40.1 Å². The van der Waals surface area contributed by atoms with Crippen molar-refractivity contribution in [1.82, 2.24) is 15.2 Å². The lowest BCUT2D eigenvalue weighted by atomic mass is 10.0. The molecule has 5 rings (SSSR count). The fraction of sp³-hybridized carbons (Fsp3) is 0.125. The van der Waals surface area contributed by atoms with Crippen LogP contribution in [0.15, 0.2) is 60.9 Å². The van der Waals surface area contributed by atoms with Crippen LogP contribution in [0.2, 0.25) is 0 Å². The van der Waals surface area contributed by atoms with Gasteiger partial charge in [-0.1, -0.05) is 12.1 Å². The first-order chi connectivity index (χ1) is 14.8. The van der Waals surface area contributed by atoms with Crippen LogP contribution in [0, 0.1) is 11.3 Å².